The van der Waals surface area contributed by atoms with Crippen molar-refractivity contribution in [2.24, 2.45) is 0 Å². The van der Waals surface area contributed by atoms with Gasteiger partial charge in [-0.2, -0.15) is 0 Å². The SMILES string of the molecule is O=C(c1ccccc1)c1ccc(N2CCC[C@@H](c3ccncn3)C2)c([N+](=O)[O-])c1. The second-order valence-electron chi connectivity index (χ2n) is 7.08. The number of carbonyl (C=O) groups excluding carboxylic acids is 1. The summed E-state index contributed by atoms with van der Waals surface area (Å²) < 4.78 is 0. The van der Waals surface area contributed by atoms with Gasteiger partial charge in [0.05, 0.1) is 4.92 Å². The van der Waals surface area contributed by atoms with Gasteiger partial charge in [0.2, 0.25) is 0 Å². The second-order valence-corrected chi connectivity index (χ2v) is 7.08. The molecule has 7 heteroatoms. The Labute approximate surface area is 168 Å². The molecule has 1 saturated heterocycles. The molecule has 0 N–H and O–H groups in total. The van der Waals surface area contributed by atoms with Crippen molar-refractivity contribution in [2.45, 2.75) is 18.8 Å². The Bertz CT molecular complexity index is 1020. The molecule has 1 aromatic heterocycles. The molecule has 4 rings (SSSR count). The van der Waals surface area contributed by atoms with Crippen LogP contribution < -0.4 is 4.90 Å². The number of anilines is 1. The van der Waals surface area contributed by atoms with E-state index in [-0.39, 0.29) is 17.4 Å². The van der Waals surface area contributed by atoms with E-state index >= 15 is 0 Å². The first-order valence-electron chi connectivity index (χ1n) is 9.52. The number of carbonyl (C=O) groups is 1. The zero-order chi connectivity index (χ0) is 20.2. The average Bonchev–Trinajstić information content (AvgIpc) is 2.79. The van der Waals surface area contributed by atoms with Crippen LogP contribution in [0.4, 0.5) is 11.4 Å². The Morgan fingerprint density at radius 2 is 1.93 bits per heavy atom. The van der Waals surface area contributed by atoms with Crippen molar-refractivity contribution in [3.63, 3.8) is 0 Å². The molecule has 0 spiro atoms. The Morgan fingerprint density at radius 1 is 1.10 bits per heavy atom. The minimum Gasteiger partial charge on any atom is -0.365 e. The fourth-order valence-corrected chi connectivity index (χ4v) is 3.81. The van der Waals surface area contributed by atoms with Crippen LogP contribution in [0, 0.1) is 10.1 Å². The monoisotopic (exact) mass is 388 g/mol. The van der Waals surface area contributed by atoms with Crippen molar-refractivity contribution in [1.29, 1.82) is 0 Å². The third kappa shape index (κ3) is 3.99. The zero-order valence-electron chi connectivity index (χ0n) is 15.8. The average molecular weight is 388 g/mol. The largest absolute Gasteiger partial charge is 0.365 e. The van der Waals surface area contributed by atoms with E-state index in [1.807, 2.05) is 17.0 Å². The Balaban J connectivity index is 1.63. The molecule has 0 aliphatic carbocycles. The van der Waals surface area contributed by atoms with Gasteiger partial charge >= 0.3 is 0 Å². The molecule has 1 aliphatic heterocycles. The Hall–Kier alpha value is -3.61. The van der Waals surface area contributed by atoms with E-state index in [4.69, 9.17) is 0 Å². The minimum atomic E-state index is -0.411. The van der Waals surface area contributed by atoms with Gasteiger partial charge in [-0.05, 0) is 31.0 Å². The van der Waals surface area contributed by atoms with Gasteiger partial charge < -0.3 is 4.90 Å². The van der Waals surface area contributed by atoms with Crippen LogP contribution >= 0.6 is 0 Å². The summed E-state index contributed by atoms with van der Waals surface area (Å²) in [5.41, 5.74) is 2.27. The molecule has 0 saturated carbocycles. The number of rotatable bonds is 5. The number of benzene rings is 2. The van der Waals surface area contributed by atoms with Gasteiger partial charge in [0, 0.05) is 48.1 Å². The van der Waals surface area contributed by atoms with Crippen LogP contribution in [0.5, 0.6) is 0 Å². The van der Waals surface area contributed by atoms with Crippen LogP contribution in [0.2, 0.25) is 0 Å². The normalized spacial score (nSPS) is 16.4. The molecule has 0 bridgehead atoms. The quantitative estimate of drug-likeness (QED) is 0.373. The molecular formula is C22H20N4O3. The van der Waals surface area contributed by atoms with E-state index in [0.29, 0.717) is 23.4 Å². The smallest absolute Gasteiger partial charge is 0.293 e. The molecule has 1 aliphatic rings. The van der Waals surface area contributed by atoms with Crippen molar-refractivity contribution in [2.75, 3.05) is 18.0 Å². The van der Waals surface area contributed by atoms with Crippen LogP contribution in [0.3, 0.4) is 0 Å². The maximum Gasteiger partial charge on any atom is 0.293 e. The number of hydrogen-bond acceptors (Lipinski definition) is 6. The van der Waals surface area contributed by atoms with E-state index in [9.17, 15) is 14.9 Å². The molecule has 146 valence electrons. The van der Waals surface area contributed by atoms with E-state index in [1.54, 1.807) is 42.6 Å². The van der Waals surface area contributed by atoms with Crippen LogP contribution in [0.1, 0.15) is 40.4 Å². The van der Waals surface area contributed by atoms with Crippen molar-refractivity contribution in [1.82, 2.24) is 9.97 Å². The number of aromatic nitrogens is 2. The summed E-state index contributed by atoms with van der Waals surface area (Å²) in [5, 5.41) is 11.8. The number of nitrogens with zero attached hydrogens (tertiary/aromatic N) is 4. The van der Waals surface area contributed by atoms with Crippen molar-refractivity contribution in [3.05, 3.63) is 94.1 Å². The second kappa shape index (κ2) is 8.18. The molecule has 2 aromatic carbocycles. The molecular weight excluding hydrogens is 368 g/mol. The van der Waals surface area contributed by atoms with Crippen molar-refractivity contribution in [3.8, 4) is 0 Å². The predicted molar refractivity (Wildman–Crippen MR) is 109 cm³/mol. The topological polar surface area (TPSA) is 89.2 Å². The standard InChI is InChI=1S/C22H20N4O3/c27-22(16-5-2-1-3-6-16)17-8-9-20(21(13-17)26(28)29)25-12-4-7-18(14-25)19-10-11-23-15-24-19/h1-3,5-6,8-11,13,15,18H,4,7,12,14H2/t18-/m1/s1. The third-order valence-electron chi connectivity index (χ3n) is 5.26. The Morgan fingerprint density at radius 3 is 2.66 bits per heavy atom. The zero-order valence-corrected chi connectivity index (χ0v) is 15.8. The van der Waals surface area contributed by atoms with Crippen LogP contribution in [0.15, 0.2) is 67.1 Å². The number of piperidine rings is 1. The predicted octanol–water partition coefficient (Wildman–Crippen LogP) is 4.00. The highest BCUT2D eigenvalue weighted by Crippen LogP contribution is 2.35. The van der Waals surface area contributed by atoms with Gasteiger partial charge in [0.15, 0.2) is 5.78 Å². The van der Waals surface area contributed by atoms with Gasteiger partial charge in [-0.1, -0.05) is 30.3 Å². The number of ketones is 1. The van der Waals surface area contributed by atoms with Gasteiger partial charge in [0.1, 0.15) is 12.0 Å². The molecule has 29 heavy (non-hydrogen) atoms. The molecule has 3 aromatic rings. The summed E-state index contributed by atoms with van der Waals surface area (Å²) in [6.45, 7) is 1.37. The summed E-state index contributed by atoms with van der Waals surface area (Å²) in [4.78, 5) is 34.4. The highest BCUT2D eigenvalue weighted by atomic mass is 16.6. The van der Waals surface area contributed by atoms with E-state index in [2.05, 4.69) is 9.97 Å². The molecule has 2 heterocycles. The van der Waals surface area contributed by atoms with E-state index in [1.165, 1.54) is 12.4 Å². The van der Waals surface area contributed by atoms with Crippen LogP contribution in [-0.2, 0) is 0 Å². The lowest BCUT2D eigenvalue weighted by Crippen LogP contribution is -2.35. The highest BCUT2D eigenvalue weighted by molar-refractivity contribution is 6.09. The van der Waals surface area contributed by atoms with Crippen LogP contribution in [0.25, 0.3) is 0 Å². The summed E-state index contributed by atoms with van der Waals surface area (Å²) >= 11 is 0. The molecule has 0 unspecified atom stereocenters. The van der Waals surface area contributed by atoms with Gasteiger partial charge in [0.25, 0.3) is 5.69 Å². The summed E-state index contributed by atoms with van der Waals surface area (Å²) in [5.74, 6) is -0.0327. The maximum absolute atomic E-state index is 12.7. The fourth-order valence-electron chi connectivity index (χ4n) is 3.81. The molecule has 7 nitrogen and oxygen atoms in total. The number of nitro benzene ring substituents is 1. The van der Waals surface area contributed by atoms with Gasteiger partial charge in [-0.3, -0.25) is 14.9 Å². The Kier molecular flexibility index (Phi) is 5.29. The molecule has 1 fully saturated rings. The highest BCUT2D eigenvalue weighted by Gasteiger charge is 2.28. The minimum absolute atomic E-state index is 0.0462. The first kappa shape index (κ1) is 18.7. The lowest BCUT2D eigenvalue weighted by molar-refractivity contribution is -0.384. The molecule has 0 radical (unpaired) electrons. The summed E-state index contributed by atoms with van der Waals surface area (Å²) in [7, 11) is 0. The lowest BCUT2D eigenvalue weighted by atomic mass is 9.93. The molecule has 0 amide bonds. The first-order valence-corrected chi connectivity index (χ1v) is 9.52. The third-order valence-corrected chi connectivity index (χ3v) is 5.26. The van der Waals surface area contributed by atoms with E-state index < -0.39 is 4.92 Å². The van der Waals surface area contributed by atoms with Crippen molar-refractivity contribution < 1.29 is 9.72 Å². The maximum atomic E-state index is 12.7. The number of nitro groups is 1. The van der Waals surface area contributed by atoms with E-state index in [0.717, 1.165) is 25.1 Å². The van der Waals surface area contributed by atoms with Crippen molar-refractivity contribution >= 4 is 17.2 Å². The first-order chi connectivity index (χ1) is 14.1. The lowest BCUT2D eigenvalue weighted by Gasteiger charge is -2.33. The fraction of sp³-hybridized carbons (Fsp3) is 0.227. The molecule has 1 atom stereocenters. The van der Waals surface area contributed by atoms with Crippen LogP contribution in [-0.4, -0.2) is 33.8 Å². The summed E-state index contributed by atoms with van der Waals surface area (Å²) in [6, 6.07) is 15.4. The summed E-state index contributed by atoms with van der Waals surface area (Å²) in [6.07, 6.45) is 5.14. The van der Waals surface area contributed by atoms with Gasteiger partial charge in [-0.25, -0.2) is 9.97 Å². The number of hydrogen-bond donors (Lipinski definition) is 0. The van der Waals surface area contributed by atoms with Gasteiger partial charge in [-0.15, -0.1) is 0 Å².